The highest BCUT2D eigenvalue weighted by Gasteiger charge is 2.29. The molecule has 3 heteroatoms. The van der Waals surface area contributed by atoms with Crippen molar-refractivity contribution in [1.29, 1.82) is 0 Å². The first-order valence-corrected chi connectivity index (χ1v) is 8.56. The molecule has 0 aromatic heterocycles. The fourth-order valence-electron chi connectivity index (χ4n) is 4.03. The molecule has 0 aromatic carbocycles. The summed E-state index contributed by atoms with van der Waals surface area (Å²) in [5.41, 5.74) is 0.403. The van der Waals surface area contributed by atoms with Crippen LogP contribution in [0.4, 0.5) is 0 Å². The maximum absolute atomic E-state index is 9.28. The Morgan fingerprint density at radius 3 is 2.00 bits per heavy atom. The first kappa shape index (κ1) is 16.3. The van der Waals surface area contributed by atoms with Gasteiger partial charge in [0, 0.05) is 19.7 Å². The lowest BCUT2D eigenvalue weighted by Gasteiger charge is -2.40. The number of rotatable bonds is 6. The van der Waals surface area contributed by atoms with Crippen molar-refractivity contribution >= 4 is 0 Å². The minimum absolute atomic E-state index is 0.352. The Morgan fingerprint density at radius 2 is 1.50 bits per heavy atom. The van der Waals surface area contributed by atoms with Crippen LogP contribution in [0, 0.1) is 17.3 Å². The molecule has 2 aliphatic heterocycles. The summed E-state index contributed by atoms with van der Waals surface area (Å²) < 4.78 is 0. The molecule has 0 bridgehead atoms. The van der Waals surface area contributed by atoms with Crippen molar-refractivity contribution in [2.45, 2.75) is 46.5 Å². The van der Waals surface area contributed by atoms with Crippen LogP contribution in [0.5, 0.6) is 0 Å². The quantitative estimate of drug-likeness (QED) is 0.810. The van der Waals surface area contributed by atoms with Gasteiger partial charge in [0.25, 0.3) is 0 Å². The van der Waals surface area contributed by atoms with Gasteiger partial charge in [-0.05, 0) is 69.1 Å². The lowest BCUT2D eigenvalue weighted by atomic mass is 9.84. The lowest BCUT2D eigenvalue weighted by Crippen LogP contribution is -2.45. The van der Waals surface area contributed by atoms with Crippen molar-refractivity contribution in [2.75, 3.05) is 45.9 Å². The van der Waals surface area contributed by atoms with Crippen molar-refractivity contribution in [2.24, 2.45) is 17.3 Å². The van der Waals surface area contributed by atoms with Gasteiger partial charge < -0.3 is 14.9 Å². The van der Waals surface area contributed by atoms with Gasteiger partial charge in [0.15, 0.2) is 0 Å². The predicted octanol–water partition coefficient (Wildman–Crippen LogP) is 2.45. The van der Waals surface area contributed by atoms with Crippen LogP contribution in [-0.4, -0.2) is 60.8 Å². The fourth-order valence-corrected chi connectivity index (χ4v) is 4.03. The number of aliphatic hydroxyl groups is 1. The summed E-state index contributed by atoms with van der Waals surface area (Å²) in [5.74, 6) is 1.22. The number of hydrogen-bond acceptors (Lipinski definition) is 3. The van der Waals surface area contributed by atoms with Gasteiger partial charge in [-0.3, -0.25) is 0 Å². The summed E-state index contributed by atoms with van der Waals surface area (Å²) in [7, 11) is 0. The zero-order valence-electron chi connectivity index (χ0n) is 13.8. The molecule has 2 saturated heterocycles. The smallest absolute Gasteiger partial charge is 0.0459 e. The highest BCUT2D eigenvalue weighted by molar-refractivity contribution is 4.83. The first-order valence-electron chi connectivity index (χ1n) is 8.56. The predicted molar refractivity (Wildman–Crippen MR) is 84.9 cm³/mol. The van der Waals surface area contributed by atoms with Crippen LogP contribution in [0.2, 0.25) is 0 Å². The maximum atomic E-state index is 9.28. The number of nitrogens with zero attached hydrogens (tertiary/aromatic N) is 2. The van der Waals surface area contributed by atoms with E-state index in [4.69, 9.17) is 0 Å². The zero-order valence-corrected chi connectivity index (χ0v) is 13.8. The molecule has 0 radical (unpaired) electrons. The first-order chi connectivity index (χ1) is 9.50. The van der Waals surface area contributed by atoms with E-state index in [1.807, 2.05) is 0 Å². The standard InChI is InChI=1S/C17H34N2O/c1-15(12-20)16-6-10-19(11-7-16)14-17(2,3)13-18-8-4-5-9-18/h15-16,20H,4-14H2,1-3H3. The molecule has 1 N–H and O–H groups in total. The van der Waals surface area contributed by atoms with Gasteiger partial charge in [-0.25, -0.2) is 0 Å². The van der Waals surface area contributed by atoms with Crippen molar-refractivity contribution in [3.63, 3.8) is 0 Å². The second kappa shape index (κ2) is 7.24. The van der Waals surface area contributed by atoms with Crippen molar-refractivity contribution < 1.29 is 5.11 Å². The van der Waals surface area contributed by atoms with Gasteiger partial charge in [-0.2, -0.15) is 0 Å². The van der Waals surface area contributed by atoms with Crippen LogP contribution < -0.4 is 0 Å². The van der Waals surface area contributed by atoms with Crippen molar-refractivity contribution in [1.82, 2.24) is 9.80 Å². The van der Waals surface area contributed by atoms with E-state index < -0.39 is 0 Å². The Bertz CT molecular complexity index is 279. The Morgan fingerprint density at radius 1 is 1.00 bits per heavy atom. The largest absolute Gasteiger partial charge is 0.396 e. The number of likely N-dealkylation sites (tertiary alicyclic amines) is 2. The number of hydrogen-bond donors (Lipinski definition) is 1. The Balaban J connectivity index is 1.73. The lowest BCUT2D eigenvalue weighted by molar-refractivity contribution is 0.0778. The molecule has 0 amide bonds. The summed E-state index contributed by atoms with van der Waals surface area (Å²) in [6, 6.07) is 0. The Hall–Kier alpha value is -0.120. The van der Waals surface area contributed by atoms with Crippen LogP contribution in [-0.2, 0) is 0 Å². The van der Waals surface area contributed by atoms with E-state index in [0.29, 0.717) is 17.9 Å². The molecule has 1 atom stereocenters. The minimum atomic E-state index is 0.352. The summed E-state index contributed by atoms with van der Waals surface area (Å²) in [5, 5.41) is 9.28. The summed E-state index contributed by atoms with van der Waals surface area (Å²) >= 11 is 0. The molecular weight excluding hydrogens is 248 g/mol. The highest BCUT2D eigenvalue weighted by Crippen LogP contribution is 2.28. The third-order valence-electron chi connectivity index (χ3n) is 5.23. The molecular formula is C17H34N2O. The molecule has 2 aliphatic rings. The van der Waals surface area contributed by atoms with Crippen LogP contribution in [0.25, 0.3) is 0 Å². The van der Waals surface area contributed by atoms with Crippen LogP contribution >= 0.6 is 0 Å². The molecule has 0 aliphatic carbocycles. The molecule has 2 fully saturated rings. The molecule has 0 aromatic rings. The van der Waals surface area contributed by atoms with Crippen LogP contribution in [0.1, 0.15) is 46.5 Å². The summed E-state index contributed by atoms with van der Waals surface area (Å²) in [4.78, 5) is 5.29. The average Bonchev–Trinajstić information content (AvgIpc) is 2.90. The third kappa shape index (κ3) is 4.71. The van der Waals surface area contributed by atoms with Crippen LogP contribution in [0.15, 0.2) is 0 Å². The van der Waals surface area contributed by atoms with E-state index in [0.717, 1.165) is 5.92 Å². The van der Waals surface area contributed by atoms with E-state index in [1.54, 1.807) is 0 Å². The minimum Gasteiger partial charge on any atom is -0.396 e. The van der Waals surface area contributed by atoms with Gasteiger partial charge in [0.1, 0.15) is 0 Å². The normalized spacial score (nSPS) is 25.2. The third-order valence-corrected chi connectivity index (χ3v) is 5.23. The Labute approximate surface area is 125 Å². The maximum Gasteiger partial charge on any atom is 0.0459 e. The molecule has 0 spiro atoms. The molecule has 118 valence electrons. The van der Waals surface area contributed by atoms with Gasteiger partial charge in [-0.15, -0.1) is 0 Å². The van der Waals surface area contributed by atoms with E-state index in [-0.39, 0.29) is 0 Å². The zero-order chi connectivity index (χ0) is 14.6. The second-order valence-corrected chi connectivity index (χ2v) is 7.92. The topological polar surface area (TPSA) is 26.7 Å². The van der Waals surface area contributed by atoms with E-state index in [2.05, 4.69) is 30.6 Å². The average molecular weight is 282 g/mol. The van der Waals surface area contributed by atoms with E-state index in [9.17, 15) is 5.11 Å². The SMILES string of the molecule is CC(CO)C1CCN(CC(C)(C)CN2CCCC2)CC1. The second-order valence-electron chi connectivity index (χ2n) is 7.92. The van der Waals surface area contributed by atoms with Gasteiger partial charge in [0.2, 0.25) is 0 Å². The highest BCUT2D eigenvalue weighted by atomic mass is 16.3. The molecule has 3 nitrogen and oxygen atoms in total. The number of aliphatic hydroxyl groups excluding tert-OH is 1. The monoisotopic (exact) mass is 282 g/mol. The molecule has 1 unspecified atom stereocenters. The van der Waals surface area contributed by atoms with E-state index in [1.165, 1.54) is 65.0 Å². The fraction of sp³-hybridized carbons (Fsp3) is 1.00. The summed E-state index contributed by atoms with van der Waals surface area (Å²) in [6.45, 7) is 14.9. The molecule has 2 rings (SSSR count). The van der Waals surface area contributed by atoms with Gasteiger partial charge in [-0.1, -0.05) is 20.8 Å². The van der Waals surface area contributed by atoms with E-state index >= 15 is 0 Å². The van der Waals surface area contributed by atoms with Gasteiger partial charge in [0.05, 0.1) is 0 Å². The molecule has 20 heavy (non-hydrogen) atoms. The molecule has 2 heterocycles. The molecule has 0 saturated carbocycles. The van der Waals surface area contributed by atoms with Crippen LogP contribution in [0.3, 0.4) is 0 Å². The van der Waals surface area contributed by atoms with Crippen molar-refractivity contribution in [3.05, 3.63) is 0 Å². The Kier molecular flexibility index (Phi) is 5.88. The number of piperidine rings is 1. The summed E-state index contributed by atoms with van der Waals surface area (Å²) in [6.07, 6.45) is 5.31. The van der Waals surface area contributed by atoms with Crippen molar-refractivity contribution in [3.8, 4) is 0 Å². The van der Waals surface area contributed by atoms with Gasteiger partial charge >= 0.3 is 0 Å².